The molecule has 3 atom stereocenters. The zero-order valence-electron chi connectivity index (χ0n) is 10.0. The molecule has 0 spiro atoms. The van der Waals surface area contributed by atoms with Crippen molar-refractivity contribution in [2.24, 2.45) is 5.92 Å². The van der Waals surface area contributed by atoms with Crippen molar-refractivity contribution in [3.8, 4) is 6.07 Å². The van der Waals surface area contributed by atoms with Crippen molar-refractivity contribution in [1.82, 2.24) is 4.90 Å². The van der Waals surface area contributed by atoms with E-state index in [-0.39, 0.29) is 11.9 Å². The minimum atomic E-state index is -0.570. The fourth-order valence-corrected chi connectivity index (χ4v) is 2.27. The summed E-state index contributed by atoms with van der Waals surface area (Å²) >= 11 is 0. The maximum absolute atomic E-state index is 11.9. The molecule has 1 N–H and O–H groups in total. The van der Waals surface area contributed by atoms with Gasteiger partial charge in [0.2, 0.25) is 5.91 Å². The Morgan fingerprint density at radius 3 is 2.69 bits per heavy atom. The van der Waals surface area contributed by atoms with Crippen LogP contribution in [-0.2, 0) is 4.79 Å². The first-order valence-corrected chi connectivity index (χ1v) is 5.96. The Kier molecular flexibility index (Phi) is 4.75. The highest BCUT2D eigenvalue weighted by Gasteiger charge is 2.31. The van der Waals surface area contributed by atoms with Crippen LogP contribution in [0.5, 0.6) is 0 Å². The van der Waals surface area contributed by atoms with Crippen LogP contribution in [0.25, 0.3) is 0 Å². The van der Waals surface area contributed by atoms with Gasteiger partial charge in [-0.25, -0.2) is 0 Å². The van der Waals surface area contributed by atoms with Crippen molar-refractivity contribution in [1.29, 1.82) is 5.26 Å². The summed E-state index contributed by atoms with van der Waals surface area (Å²) in [5.74, 6) is -0.727. The first-order valence-electron chi connectivity index (χ1n) is 5.96. The number of aliphatic hydroxyl groups excluding tert-OH is 1. The van der Waals surface area contributed by atoms with Crippen LogP contribution in [0.1, 0.15) is 39.0 Å². The second-order valence-electron chi connectivity index (χ2n) is 4.46. The third-order valence-electron chi connectivity index (χ3n) is 3.40. The predicted octanol–water partition coefficient (Wildman–Crippen LogP) is 1.30. The Morgan fingerprint density at radius 1 is 1.56 bits per heavy atom. The summed E-state index contributed by atoms with van der Waals surface area (Å²) in [5.41, 5.74) is 0. The van der Waals surface area contributed by atoms with E-state index in [1.807, 2.05) is 13.0 Å². The van der Waals surface area contributed by atoms with E-state index >= 15 is 0 Å². The Labute approximate surface area is 96.9 Å². The molecule has 0 aromatic carbocycles. The monoisotopic (exact) mass is 224 g/mol. The van der Waals surface area contributed by atoms with Crippen LogP contribution < -0.4 is 0 Å². The summed E-state index contributed by atoms with van der Waals surface area (Å²) in [6, 6.07) is 1.91. The van der Waals surface area contributed by atoms with Crippen molar-refractivity contribution in [2.45, 2.75) is 51.2 Å². The second-order valence-corrected chi connectivity index (χ2v) is 4.46. The van der Waals surface area contributed by atoms with Gasteiger partial charge < -0.3 is 10.0 Å². The summed E-state index contributed by atoms with van der Waals surface area (Å²) in [4.78, 5) is 13.5. The topological polar surface area (TPSA) is 64.3 Å². The quantitative estimate of drug-likeness (QED) is 0.785. The number of hydrogen-bond donors (Lipinski definition) is 1. The molecular formula is C12H20N2O2. The van der Waals surface area contributed by atoms with Gasteiger partial charge in [-0.05, 0) is 19.3 Å². The molecule has 1 aliphatic carbocycles. The molecule has 3 unspecified atom stereocenters. The van der Waals surface area contributed by atoms with E-state index in [0.29, 0.717) is 6.42 Å². The number of nitriles is 1. The number of likely N-dealkylation sites (N-methyl/N-ethyl adjacent to an activating group) is 1. The summed E-state index contributed by atoms with van der Waals surface area (Å²) < 4.78 is 0. The molecule has 0 aliphatic heterocycles. The van der Waals surface area contributed by atoms with Gasteiger partial charge in [0.25, 0.3) is 0 Å². The molecule has 0 bridgehead atoms. The maximum Gasteiger partial charge on any atom is 0.239 e. The molecule has 1 amide bonds. The molecule has 1 aliphatic rings. The van der Waals surface area contributed by atoms with Crippen molar-refractivity contribution < 1.29 is 9.90 Å². The second kappa shape index (κ2) is 5.86. The van der Waals surface area contributed by atoms with E-state index in [0.717, 1.165) is 25.7 Å². The van der Waals surface area contributed by atoms with E-state index in [1.165, 1.54) is 0 Å². The maximum atomic E-state index is 11.9. The van der Waals surface area contributed by atoms with Crippen molar-refractivity contribution >= 4 is 5.91 Å². The molecule has 0 aromatic rings. The molecule has 16 heavy (non-hydrogen) atoms. The van der Waals surface area contributed by atoms with Crippen LogP contribution in [-0.4, -0.2) is 35.1 Å². The summed E-state index contributed by atoms with van der Waals surface area (Å²) in [5, 5.41) is 18.7. The lowest BCUT2D eigenvalue weighted by atomic mass is 9.91. The minimum absolute atomic E-state index is 0.108. The van der Waals surface area contributed by atoms with Gasteiger partial charge in [-0.2, -0.15) is 5.26 Å². The SMILES string of the molecule is CCC(C#N)C(=O)N(C)C1CCCCC1O. The smallest absolute Gasteiger partial charge is 0.239 e. The molecule has 1 rings (SSSR count). The van der Waals surface area contributed by atoms with Gasteiger partial charge in [-0.3, -0.25) is 4.79 Å². The summed E-state index contributed by atoms with van der Waals surface area (Å²) in [6.07, 6.45) is 3.76. The van der Waals surface area contributed by atoms with Crippen molar-refractivity contribution in [3.05, 3.63) is 0 Å². The molecule has 90 valence electrons. The van der Waals surface area contributed by atoms with Crippen LogP contribution in [0.4, 0.5) is 0 Å². The molecular weight excluding hydrogens is 204 g/mol. The van der Waals surface area contributed by atoms with Crippen molar-refractivity contribution in [3.63, 3.8) is 0 Å². The van der Waals surface area contributed by atoms with E-state index < -0.39 is 12.0 Å². The number of amides is 1. The van der Waals surface area contributed by atoms with Crippen LogP contribution in [0, 0.1) is 17.2 Å². The largest absolute Gasteiger partial charge is 0.391 e. The lowest BCUT2D eigenvalue weighted by Crippen LogP contribution is -2.48. The molecule has 0 saturated heterocycles. The van der Waals surface area contributed by atoms with Gasteiger partial charge in [0, 0.05) is 7.05 Å². The molecule has 4 heteroatoms. The first kappa shape index (κ1) is 13.0. The number of aliphatic hydroxyl groups is 1. The van der Waals surface area contributed by atoms with Crippen LogP contribution >= 0.6 is 0 Å². The number of nitrogens with zero attached hydrogens (tertiary/aromatic N) is 2. The van der Waals surface area contributed by atoms with E-state index in [1.54, 1.807) is 11.9 Å². The lowest BCUT2D eigenvalue weighted by molar-refractivity contribution is -0.138. The third kappa shape index (κ3) is 2.73. The summed E-state index contributed by atoms with van der Waals surface area (Å²) in [7, 11) is 1.70. The minimum Gasteiger partial charge on any atom is -0.391 e. The molecule has 0 aromatic heterocycles. The van der Waals surface area contributed by atoms with Crippen LogP contribution in [0.3, 0.4) is 0 Å². The zero-order valence-corrected chi connectivity index (χ0v) is 10.0. The fourth-order valence-electron chi connectivity index (χ4n) is 2.27. The van der Waals surface area contributed by atoms with Gasteiger partial charge in [-0.1, -0.05) is 19.8 Å². The van der Waals surface area contributed by atoms with Gasteiger partial charge in [0.05, 0.1) is 18.2 Å². The highest BCUT2D eigenvalue weighted by molar-refractivity contribution is 5.81. The van der Waals surface area contributed by atoms with Crippen molar-refractivity contribution in [2.75, 3.05) is 7.05 Å². The summed E-state index contributed by atoms with van der Waals surface area (Å²) in [6.45, 7) is 1.83. The third-order valence-corrected chi connectivity index (χ3v) is 3.40. The van der Waals surface area contributed by atoms with Gasteiger partial charge in [0.15, 0.2) is 0 Å². The highest BCUT2D eigenvalue weighted by Crippen LogP contribution is 2.23. The number of rotatable bonds is 3. The normalized spacial score (nSPS) is 26.9. The lowest BCUT2D eigenvalue weighted by Gasteiger charge is -2.35. The molecule has 1 fully saturated rings. The Balaban J connectivity index is 2.65. The fraction of sp³-hybridized carbons (Fsp3) is 0.833. The highest BCUT2D eigenvalue weighted by atomic mass is 16.3. The average Bonchev–Trinajstić information content (AvgIpc) is 2.30. The molecule has 0 heterocycles. The Morgan fingerprint density at radius 2 is 2.19 bits per heavy atom. The van der Waals surface area contributed by atoms with Gasteiger partial charge in [0.1, 0.15) is 5.92 Å². The molecule has 1 saturated carbocycles. The average molecular weight is 224 g/mol. The van der Waals surface area contributed by atoms with E-state index in [4.69, 9.17) is 5.26 Å². The number of hydrogen-bond acceptors (Lipinski definition) is 3. The molecule has 0 radical (unpaired) electrons. The Bertz CT molecular complexity index is 285. The predicted molar refractivity (Wildman–Crippen MR) is 60.4 cm³/mol. The molecule has 4 nitrogen and oxygen atoms in total. The zero-order chi connectivity index (χ0) is 12.1. The Hall–Kier alpha value is -1.08. The van der Waals surface area contributed by atoms with E-state index in [2.05, 4.69) is 0 Å². The van der Waals surface area contributed by atoms with Crippen LogP contribution in [0.15, 0.2) is 0 Å². The first-order chi connectivity index (χ1) is 7.61. The standard InChI is InChI=1S/C12H20N2O2/c1-3-9(8-13)12(16)14(2)10-6-4-5-7-11(10)15/h9-11,15H,3-7H2,1-2H3. The number of carbonyl (C=O) groups is 1. The van der Waals surface area contributed by atoms with Gasteiger partial charge in [-0.15, -0.1) is 0 Å². The van der Waals surface area contributed by atoms with Gasteiger partial charge >= 0.3 is 0 Å². The number of carbonyl (C=O) groups excluding carboxylic acids is 1. The van der Waals surface area contributed by atoms with E-state index in [9.17, 15) is 9.90 Å². The van der Waals surface area contributed by atoms with Crippen LogP contribution in [0.2, 0.25) is 0 Å².